The fraction of sp³-hybridized carbons (Fsp3) is 0.282. The minimum atomic E-state index is -0.671. The Kier molecular flexibility index (Phi) is 7.66. The first-order chi connectivity index (χ1) is 21.9. The second kappa shape index (κ2) is 11.9. The van der Waals surface area contributed by atoms with Gasteiger partial charge in [-0.25, -0.2) is 0 Å². The van der Waals surface area contributed by atoms with Crippen molar-refractivity contribution in [2.75, 3.05) is 23.3 Å². The van der Waals surface area contributed by atoms with Gasteiger partial charge in [-0.3, -0.25) is 9.59 Å². The second-order valence-electron chi connectivity index (χ2n) is 12.8. The highest BCUT2D eigenvalue weighted by Crippen LogP contribution is 2.48. The van der Waals surface area contributed by atoms with Crippen LogP contribution in [-0.2, 0) is 11.8 Å². The van der Waals surface area contributed by atoms with Gasteiger partial charge in [-0.1, -0.05) is 80.6 Å². The molecule has 0 aliphatic carbocycles. The molecule has 0 saturated carbocycles. The van der Waals surface area contributed by atoms with Gasteiger partial charge in [-0.2, -0.15) is 0 Å². The largest absolute Gasteiger partial charge is 0.372 e. The molecule has 3 heterocycles. The van der Waals surface area contributed by atoms with Crippen LogP contribution in [0.4, 0.5) is 11.4 Å². The van der Waals surface area contributed by atoms with Gasteiger partial charge in [0.2, 0.25) is 5.91 Å². The molecule has 45 heavy (non-hydrogen) atoms. The zero-order valence-corrected chi connectivity index (χ0v) is 26.2. The van der Waals surface area contributed by atoms with E-state index in [-0.39, 0.29) is 17.7 Å². The number of rotatable bonds is 8. The number of hydrogen-bond acceptors (Lipinski definition) is 3. The minimum Gasteiger partial charge on any atom is -0.372 e. The number of hydrogen-bond donors (Lipinski definition) is 1. The third-order valence-electron chi connectivity index (χ3n) is 9.40. The van der Waals surface area contributed by atoms with E-state index < -0.39 is 12.1 Å². The highest BCUT2D eigenvalue weighted by Gasteiger charge is 2.46. The summed E-state index contributed by atoms with van der Waals surface area (Å²) in [7, 11) is 2.09. The Morgan fingerprint density at radius 1 is 0.844 bits per heavy atom. The van der Waals surface area contributed by atoms with Gasteiger partial charge in [0.25, 0.3) is 5.91 Å². The molecule has 2 amide bonds. The zero-order chi connectivity index (χ0) is 31.1. The average Bonchev–Trinajstić information content (AvgIpc) is 3.77. The Bertz CT molecular complexity index is 1850. The Balaban J connectivity index is 1.34. The van der Waals surface area contributed by atoms with Gasteiger partial charge >= 0.3 is 0 Å². The van der Waals surface area contributed by atoms with Crippen LogP contribution in [0.15, 0.2) is 103 Å². The van der Waals surface area contributed by atoms with Crippen molar-refractivity contribution in [2.24, 2.45) is 13.0 Å². The molecule has 0 spiro atoms. The van der Waals surface area contributed by atoms with E-state index in [1.54, 1.807) is 0 Å². The van der Waals surface area contributed by atoms with Crippen molar-refractivity contribution in [3.05, 3.63) is 120 Å². The molecule has 1 aromatic heterocycles. The Morgan fingerprint density at radius 2 is 1.51 bits per heavy atom. The van der Waals surface area contributed by atoms with Gasteiger partial charge in [0.1, 0.15) is 6.04 Å². The van der Waals surface area contributed by atoms with Crippen molar-refractivity contribution in [1.29, 1.82) is 0 Å². The SMILES string of the molecule is CC(C)CC(C(=O)Nc1ccc(N2CCCC2)cc1)N1C(=O)c2ccccc2C1c1c(-c2ccccc2)n(C)c2ccccc12. The summed E-state index contributed by atoms with van der Waals surface area (Å²) >= 11 is 0. The molecular formula is C39H40N4O2. The standard InChI is InChI=1S/C39H40N4O2/c1-26(2)25-34(38(44)40-28-19-21-29(22-20-28)42-23-11-12-24-42)43-37(30-15-7-8-16-31(30)39(43)45)35-32-17-9-10-18-33(32)41(3)36(35)27-13-5-4-6-14-27/h4-10,13-22,26,34,37H,11-12,23-25H2,1-3H3,(H,40,44). The number of nitrogens with one attached hydrogen (secondary N) is 1. The van der Waals surface area contributed by atoms with E-state index in [2.05, 4.69) is 90.3 Å². The maximum absolute atomic E-state index is 14.5. The summed E-state index contributed by atoms with van der Waals surface area (Å²) in [5.74, 6) is -0.0745. The van der Waals surface area contributed by atoms with Crippen LogP contribution in [0.25, 0.3) is 22.2 Å². The Hall–Kier alpha value is -4.84. The molecule has 5 aromatic rings. The van der Waals surface area contributed by atoms with Crippen LogP contribution in [0.3, 0.4) is 0 Å². The summed E-state index contributed by atoms with van der Waals surface area (Å²) in [6.07, 6.45) is 2.97. The maximum atomic E-state index is 14.5. The summed E-state index contributed by atoms with van der Waals surface area (Å²) in [5.41, 5.74) is 7.79. The van der Waals surface area contributed by atoms with E-state index in [0.717, 1.165) is 52.1 Å². The number of fused-ring (bicyclic) bond motifs is 2. The predicted octanol–water partition coefficient (Wildman–Crippen LogP) is 8.04. The monoisotopic (exact) mass is 596 g/mol. The van der Waals surface area contributed by atoms with Crippen molar-refractivity contribution >= 4 is 34.1 Å². The van der Waals surface area contributed by atoms with Crippen LogP contribution in [0.5, 0.6) is 0 Å². The quantitative estimate of drug-likeness (QED) is 0.197. The first-order valence-corrected chi connectivity index (χ1v) is 16.1. The molecule has 2 aliphatic rings. The lowest BCUT2D eigenvalue weighted by molar-refractivity contribution is -0.121. The number of aryl methyl sites for hydroxylation is 1. The van der Waals surface area contributed by atoms with E-state index >= 15 is 0 Å². The molecule has 1 saturated heterocycles. The number of carbonyl (C=O) groups is 2. The summed E-state index contributed by atoms with van der Waals surface area (Å²) in [5, 5.41) is 4.28. The van der Waals surface area contributed by atoms with Gasteiger partial charge in [-0.05, 0) is 72.7 Å². The lowest BCUT2D eigenvalue weighted by Gasteiger charge is -2.34. The van der Waals surface area contributed by atoms with E-state index in [9.17, 15) is 9.59 Å². The van der Waals surface area contributed by atoms with Crippen LogP contribution in [0.2, 0.25) is 0 Å². The molecule has 1 fully saturated rings. The molecular weight excluding hydrogens is 556 g/mol. The Labute approximate surface area is 265 Å². The number of nitrogens with zero attached hydrogens (tertiary/aromatic N) is 3. The lowest BCUT2D eigenvalue weighted by Crippen LogP contribution is -2.47. The number of amides is 2. The van der Waals surface area contributed by atoms with Crippen molar-refractivity contribution in [2.45, 2.75) is 45.2 Å². The van der Waals surface area contributed by atoms with E-state index in [1.165, 1.54) is 18.5 Å². The molecule has 6 heteroatoms. The smallest absolute Gasteiger partial charge is 0.255 e. The van der Waals surface area contributed by atoms with Crippen LogP contribution < -0.4 is 10.2 Å². The maximum Gasteiger partial charge on any atom is 0.255 e. The summed E-state index contributed by atoms with van der Waals surface area (Å²) < 4.78 is 2.23. The fourth-order valence-electron chi connectivity index (χ4n) is 7.35. The van der Waals surface area contributed by atoms with E-state index in [1.807, 2.05) is 53.4 Å². The van der Waals surface area contributed by atoms with Gasteiger partial charge < -0.3 is 19.7 Å². The summed E-state index contributed by atoms with van der Waals surface area (Å²) in [6, 6.07) is 33.6. The molecule has 0 radical (unpaired) electrons. The zero-order valence-electron chi connectivity index (χ0n) is 26.2. The Morgan fingerprint density at radius 3 is 2.24 bits per heavy atom. The van der Waals surface area contributed by atoms with Crippen LogP contribution in [0.1, 0.15) is 60.6 Å². The number of aromatic nitrogens is 1. The molecule has 2 atom stereocenters. The number of benzene rings is 4. The molecule has 7 rings (SSSR count). The van der Waals surface area contributed by atoms with Gasteiger partial charge in [-0.15, -0.1) is 0 Å². The van der Waals surface area contributed by atoms with Gasteiger partial charge in [0.15, 0.2) is 0 Å². The van der Waals surface area contributed by atoms with Crippen molar-refractivity contribution in [1.82, 2.24) is 9.47 Å². The first-order valence-electron chi connectivity index (χ1n) is 16.1. The van der Waals surface area contributed by atoms with Gasteiger partial charge in [0, 0.05) is 53.5 Å². The van der Waals surface area contributed by atoms with E-state index in [4.69, 9.17) is 0 Å². The van der Waals surface area contributed by atoms with E-state index in [0.29, 0.717) is 12.0 Å². The highest BCUT2D eigenvalue weighted by atomic mass is 16.2. The topological polar surface area (TPSA) is 57.6 Å². The van der Waals surface area contributed by atoms with Crippen molar-refractivity contribution < 1.29 is 9.59 Å². The molecule has 228 valence electrons. The number of para-hydroxylation sites is 1. The molecule has 4 aromatic carbocycles. The molecule has 6 nitrogen and oxygen atoms in total. The highest BCUT2D eigenvalue weighted by molar-refractivity contribution is 6.06. The molecule has 2 unspecified atom stereocenters. The number of carbonyl (C=O) groups excluding carboxylic acids is 2. The molecule has 0 bridgehead atoms. The lowest BCUT2D eigenvalue weighted by atomic mass is 9.91. The van der Waals surface area contributed by atoms with Gasteiger partial charge in [0.05, 0.1) is 11.7 Å². The average molecular weight is 597 g/mol. The van der Waals surface area contributed by atoms with Crippen LogP contribution in [-0.4, -0.2) is 40.4 Å². The van der Waals surface area contributed by atoms with Crippen molar-refractivity contribution in [3.8, 4) is 11.3 Å². The predicted molar refractivity (Wildman–Crippen MR) is 183 cm³/mol. The summed E-state index contributed by atoms with van der Waals surface area (Å²) in [4.78, 5) is 33.1. The van der Waals surface area contributed by atoms with Crippen LogP contribution in [0, 0.1) is 5.92 Å². The third kappa shape index (κ3) is 5.18. The first kappa shape index (κ1) is 28.9. The molecule has 2 aliphatic heterocycles. The second-order valence-corrected chi connectivity index (χ2v) is 12.8. The summed E-state index contributed by atoms with van der Waals surface area (Å²) in [6.45, 7) is 6.36. The number of anilines is 2. The van der Waals surface area contributed by atoms with Crippen molar-refractivity contribution in [3.63, 3.8) is 0 Å². The normalized spacial score (nSPS) is 16.9. The van der Waals surface area contributed by atoms with Crippen LogP contribution >= 0.6 is 0 Å². The fourth-order valence-corrected chi connectivity index (χ4v) is 7.35. The molecule has 1 N–H and O–H groups in total. The third-order valence-corrected chi connectivity index (χ3v) is 9.40. The minimum absolute atomic E-state index is 0.104.